The minimum Gasteiger partial charge on any atom is -0.378 e. The van der Waals surface area contributed by atoms with Crippen LogP contribution in [0.25, 0.3) is 0 Å². The van der Waals surface area contributed by atoms with Crippen LogP contribution in [-0.2, 0) is 14.3 Å². The molecule has 0 unspecified atom stereocenters. The van der Waals surface area contributed by atoms with E-state index in [-0.39, 0.29) is 12.1 Å². The van der Waals surface area contributed by atoms with Crippen molar-refractivity contribution in [3.05, 3.63) is 65.7 Å². The average Bonchev–Trinajstić information content (AvgIpc) is 2.80. The van der Waals surface area contributed by atoms with Crippen LogP contribution in [0.15, 0.2) is 54.6 Å². The molecule has 0 saturated carbocycles. The van der Waals surface area contributed by atoms with E-state index in [4.69, 9.17) is 4.74 Å². The number of carbonyl (C=O) groups is 2. The lowest BCUT2D eigenvalue weighted by Crippen LogP contribution is -3.15. The van der Waals surface area contributed by atoms with E-state index < -0.39 is 11.8 Å². The van der Waals surface area contributed by atoms with Gasteiger partial charge in [-0.3, -0.25) is 9.59 Å². The standard InChI is InChI=1S/C24H32N4O3/c1-18(19-7-5-4-6-8-19)26-24(30)23(29)25-17-22(28-13-15-31-16-14-28)20-9-11-21(12-10-20)27(2)3/h4-12,18,22H,13-17H2,1-3H3,(H,25,29)(H,26,30)/p+1/t18-,22-/m1/s1. The van der Waals surface area contributed by atoms with Crippen LogP contribution < -0.4 is 20.4 Å². The zero-order chi connectivity index (χ0) is 22.2. The summed E-state index contributed by atoms with van der Waals surface area (Å²) in [5.41, 5.74) is 3.22. The maximum Gasteiger partial charge on any atom is 0.309 e. The van der Waals surface area contributed by atoms with Crippen LogP contribution in [0.2, 0.25) is 0 Å². The predicted molar refractivity (Wildman–Crippen MR) is 121 cm³/mol. The number of nitrogens with one attached hydrogen (secondary N) is 3. The Bertz CT molecular complexity index is 849. The number of quaternary nitrogens is 1. The Balaban J connectivity index is 1.63. The maximum absolute atomic E-state index is 12.5. The van der Waals surface area contributed by atoms with Crippen molar-refractivity contribution < 1.29 is 19.2 Å². The van der Waals surface area contributed by atoms with Crippen molar-refractivity contribution in [1.82, 2.24) is 10.6 Å². The molecule has 2 atom stereocenters. The van der Waals surface area contributed by atoms with Gasteiger partial charge in [0, 0.05) is 25.3 Å². The largest absolute Gasteiger partial charge is 0.378 e. The van der Waals surface area contributed by atoms with E-state index in [1.54, 1.807) is 0 Å². The molecule has 0 aromatic heterocycles. The molecule has 0 radical (unpaired) electrons. The number of morpholine rings is 1. The van der Waals surface area contributed by atoms with Gasteiger partial charge in [0.15, 0.2) is 0 Å². The number of rotatable bonds is 7. The minimum absolute atomic E-state index is 0.0587. The molecule has 0 aliphatic carbocycles. The molecule has 166 valence electrons. The molecule has 1 heterocycles. The van der Waals surface area contributed by atoms with E-state index in [9.17, 15) is 9.59 Å². The molecule has 7 nitrogen and oxygen atoms in total. The summed E-state index contributed by atoms with van der Waals surface area (Å²) in [6, 6.07) is 17.8. The lowest BCUT2D eigenvalue weighted by atomic mass is 10.0. The van der Waals surface area contributed by atoms with Crippen LogP contribution in [0, 0.1) is 0 Å². The zero-order valence-corrected chi connectivity index (χ0v) is 18.6. The van der Waals surface area contributed by atoms with Gasteiger partial charge in [-0.1, -0.05) is 42.5 Å². The first-order valence-electron chi connectivity index (χ1n) is 10.8. The number of nitrogens with zero attached hydrogens (tertiary/aromatic N) is 1. The normalized spacial score (nSPS) is 16.2. The highest BCUT2D eigenvalue weighted by Crippen LogP contribution is 2.16. The summed E-state index contributed by atoms with van der Waals surface area (Å²) >= 11 is 0. The van der Waals surface area contributed by atoms with Crippen molar-refractivity contribution >= 4 is 17.5 Å². The van der Waals surface area contributed by atoms with Gasteiger partial charge in [0.25, 0.3) is 0 Å². The Morgan fingerprint density at radius 1 is 0.968 bits per heavy atom. The highest BCUT2D eigenvalue weighted by atomic mass is 16.5. The van der Waals surface area contributed by atoms with Crippen molar-refractivity contribution in [1.29, 1.82) is 0 Å². The fourth-order valence-electron chi connectivity index (χ4n) is 3.85. The van der Waals surface area contributed by atoms with Gasteiger partial charge < -0.3 is 25.2 Å². The van der Waals surface area contributed by atoms with Gasteiger partial charge >= 0.3 is 11.8 Å². The smallest absolute Gasteiger partial charge is 0.309 e. The van der Waals surface area contributed by atoms with Gasteiger partial charge in [0.2, 0.25) is 0 Å². The molecule has 3 N–H and O–H groups in total. The molecule has 2 amide bonds. The predicted octanol–water partition coefficient (Wildman–Crippen LogP) is 0.702. The molecule has 7 heteroatoms. The molecule has 2 aromatic rings. The molecular formula is C24H33N4O3+. The summed E-state index contributed by atoms with van der Waals surface area (Å²) < 4.78 is 5.51. The number of carbonyl (C=O) groups excluding carboxylic acids is 2. The third-order valence-corrected chi connectivity index (χ3v) is 5.76. The van der Waals surface area contributed by atoms with Gasteiger partial charge in [-0.25, -0.2) is 0 Å². The average molecular weight is 426 g/mol. The van der Waals surface area contributed by atoms with Crippen molar-refractivity contribution in [3.63, 3.8) is 0 Å². The SMILES string of the molecule is C[C@@H](NC(=O)C(=O)NC[C@H](c1ccc(N(C)C)cc1)[NH+]1CCOCC1)c1ccccc1. The van der Waals surface area contributed by atoms with E-state index in [1.165, 1.54) is 4.90 Å². The molecule has 2 aromatic carbocycles. The summed E-state index contributed by atoms with van der Waals surface area (Å²) in [6.07, 6.45) is 0. The van der Waals surface area contributed by atoms with Crippen LogP contribution in [-0.4, -0.2) is 58.8 Å². The van der Waals surface area contributed by atoms with Gasteiger partial charge in [0.1, 0.15) is 19.1 Å². The third-order valence-electron chi connectivity index (χ3n) is 5.76. The molecule has 1 saturated heterocycles. The molecule has 1 aliphatic rings. The fourth-order valence-corrected chi connectivity index (χ4v) is 3.85. The van der Waals surface area contributed by atoms with E-state index in [0.29, 0.717) is 19.8 Å². The molecule has 1 aliphatic heterocycles. The van der Waals surface area contributed by atoms with E-state index in [1.807, 2.05) is 51.4 Å². The summed E-state index contributed by atoms with van der Waals surface area (Å²) in [5.74, 6) is -1.22. The number of anilines is 1. The highest BCUT2D eigenvalue weighted by molar-refractivity contribution is 6.35. The Kier molecular flexibility index (Phi) is 8.03. The second kappa shape index (κ2) is 10.9. The second-order valence-corrected chi connectivity index (χ2v) is 8.13. The number of amides is 2. The molecule has 0 bridgehead atoms. The fraction of sp³-hybridized carbons (Fsp3) is 0.417. The van der Waals surface area contributed by atoms with E-state index >= 15 is 0 Å². The summed E-state index contributed by atoms with van der Waals surface area (Å²) in [6.45, 7) is 5.39. The Morgan fingerprint density at radius 2 is 1.61 bits per heavy atom. The van der Waals surface area contributed by atoms with Gasteiger partial charge in [0.05, 0.1) is 25.8 Å². The van der Waals surface area contributed by atoms with Crippen LogP contribution in [0.4, 0.5) is 5.69 Å². The van der Waals surface area contributed by atoms with Crippen LogP contribution in [0.3, 0.4) is 0 Å². The monoisotopic (exact) mass is 425 g/mol. The van der Waals surface area contributed by atoms with E-state index in [0.717, 1.165) is 29.9 Å². The summed E-state index contributed by atoms with van der Waals surface area (Å²) in [4.78, 5) is 28.3. The second-order valence-electron chi connectivity index (χ2n) is 8.13. The topological polar surface area (TPSA) is 75.1 Å². The number of hydrogen-bond acceptors (Lipinski definition) is 4. The lowest BCUT2D eigenvalue weighted by molar-refractivity contribution is -0.937. The van der Waals surface area contributed by atoms with Crippen molar-refractivity contribution in [2.45, 2.75) is 19.0 Å². The van der Waals surface area contributed by atoms with Crippen molar-refractivity contribution in [3.8, 4) is 0 Å². The highest BCUT2D eigenvalue weighted by Gasteiger charge is 2.28. The first-order chi connectivity index (χ1) is 15.0. The van der Waals surface area contributed by atoms with Crippen molar-refractivity contribution in [2.24, 2.45) is 0 Å². The number of ether oxygens (including phenoxy) is 1. The maximum atomic E-state index is 12.5. The molecular weight excluding hydrogens is 392 g/mol. The van der Waals surface area contributed by atoms with Crippen LogP contribution in [0.1, 0.15) is 30.1 Å². The van der Waals surface area contributed by atoms with Crippen molar-refractivity contribution in [2.75, 3.05) is 51.8 Å². The first kappa shape index (κ1) is 22.8. The third kappa shape index (κ3) is 6.29. The molecule has 31 heavy (non-hydrogen) atoms. The quantitative estimate of drug-likeness (QED) is 0.571. The van der Waals surface area contributed by atoms with Gasteiger partial charge in [-0.2, -0.15) is 0 Å². The minimum atomic E-state index is -0.616. The molecule has 0 spiro atoms. The summed E-state index contributed by atoms with van der Waals surface area (Å²) in [5, 5.41) is 5.63. The molecule has 1 fully saturated rings. The number of hydrogen-bond donors (Lipinski definition) is 3. The van der Waals surface area contributed by atoms with Crippen LogP contribution >= 0.6 is 0 Å². The van der Waals surface area contributed by atoms with Gasteiger partial charge in [-0.15, -0.1) is 0 Å². The number of benzene rings is 2. The Labute approximate surface area is 184 Å². The summed E-state index contributed by atoms with van der Waals surface area (Å²) in [7, 11) is 4.02. The van der Waals surface area contributed by atoms with Gasteiger partial charge in [-0.05, 0) is 24.6 Å². The Hall–Kier alpha value is -2.90. The Morgan fingerprint density at radius 3 is 2.23 bits per heavy atom. The van der Waals surface area contributed by atoms with Crippen LogP contribution in [0.5, 0.6) is 0 Å². The van der Waals surface area contributed by atoms with E-state index in [2.05, 4.69) is 39.8 Å². The first-order valence-corrected chi connectivity index (χ1v) is 10.8. The zero-order valence-electron chi connectivity index (χ0n) is 18.6. The lowest BCUT2D eigenvalue weighted by Gasteiger charge is -2.32. The molecule has 3 rings (SSSR count).